The van der Waals surface area contributed by atoms with E-state index in [-0.39, 0.29) is 5.75 Å². The van der Waals surface area contributed by atoms with Crippen molar-refractivity contribution >= 4 is 28.8 Å². The number of H-pyrrole nitrogens is 1. The van der Waals surface area contributed by atoms with Gasteiger partial charge in [-0.05, 0) is 29.5 Å². The fourth-order valence-corrected chi connectivity index (χ4v) is 3.27. The van der Waals surface area contributed by atoms with E-state index >= 15 is 0 Å². The third-order valence-electron chi connectivity index (χ3n) is 3.62. The molecule has 0 aliphatic heterocycles. The molecule has 0 unspecified atom stereocenters. The van der Waals surface area contributed by atoms with E-state index in [0.29, 0.717) is 22.7 Å². The maximum atomic E-state index is 12.9. The van der Waals surface area contributed by atoms with Crippen LogP contribution in [0.3, 0.4) is 0 Å². The Hall–Kier alpha value is -2.48. The fraction of sp³-hybridized carbons (Fsp3) is 0.176. The molecule has 0 atom stereocenters. The van der Waals surface area contributed by atoms with Gasteiger partial charge in [0.15, 0.2) is 11.0 Å². The molecule has 0 bridgehead atoms. The van der Waals surface area contributed by atoms with Gasteiger partial charge in [0.1, 0.15) is 12.3 Å². The first-order valence-corrected chi connectivity index (χ1v) is 8.34. The highest BCUT2D eigenvalue weighted by Crippen LogP contribution is 2.31. The standard InChI is InChI=1S/C17H13F3N2O2S/c18-17(19,20)12-6-7-14-13(8-12)21-16(25-10-15(23)24)22(14)9-11-4-2-1-3-5-11/h1-8H,9-10H2,(H,23,24)/p+1. The first-order valence-electron chi connectivity index (χ1n) is 7.36. The largest absolute Gasteiger partial charge is 0.481 e. The van der Waals surface area contributed by atoms with Crippen LogP contribution in [0.1, 0.15) is 11.1 Å². The Labute approximate surface area is 145 Å². The van der Waals surface area contributed by atoms with E-state index in [1.807, 2.05) is 30.3 Å². The molecule has 0 aliphatic rings. The van der Waals surface area contributed by atoms with Gasteiger partial charge in [0, 0.05) is 6.07 Å². The van der Waals surface area contributed by atoms with Crippen LogP contribution in [0, 0.1) is 0 Å². The van der Waals surface area contributed by atoms with Crippen molar-refractivity contribution in [1.29, 1.82) is 0 Å². The molecule has 2 aromatic carbocycles. The van der Waals surface area contributed by atoms with Gasteiger partial charge in [-0.3, -0.25) is 4.79 Å². The zero-order chi connectivity index (χ0) is 18.0. The minimum absolute atomic E-state index is 0.187. The summed E-state index contributed by atoms with van der Waals surface area (Å²) in [4.78, 5) is 13.8. The summed E-state index contributed by atoms with van der Waals surface area (Å²) in [5.74, 6) is -1.18. The molecule has 8 heteroatoms. The number of carboxylic acids is 1. The molecular formula is C17H14F3N2O2S+. The van der Waals surface area contributed by atoms with Gasteiger partial charge in [0.05, 0.1) is 5.56 Å². The van der Waals surface area contributed by atoms with Crippen LogP contribution in [0.5, 0.6) is 0 Å². The molecule has 0 fully saturated rings. The number of carbonyl (C=O) groups is 1. The summed E-state index contributed by atoms with van der Waals surface area (Å²) in [5, 5.41) is 9.39. The SMILES string of the molecule is O=C(O)CSc1[nH]c2cc(C(F)(F)F)ccc2[n+]1Cc1ccccc1. The zero-order valence-electron chi connectivity index (χ0n) is 12.9. The van der Waals surface area contributed by atoms with E-state index in [1.54, 1.807) is 4.57 Å². The number of nitrogens with zero attached hydrogens (tertiary/aromatic N) is 1. The minimum atomic E-state index is -4.43. The molecule has 0 amide bonds. The number of imidazole rings is 1. The second-order valence-corrected chi connectivity index (χ2v) is 6.38. The number of aliphatic carboxylic acids is 1. The quantitative estimate of drug-likeness (QED) is 0.534. The Morgan fingerprint density at radius 3 is 2.52 bits per heavy atom. The number of hydrogen-bond acceptors (Lipinski definition) is 2. The Morgan fingerprint density at radius 2 is 1.88 bits per heavy atom. The topological polar surface area (TPSA) is 57.0 Å². The molecule has 0 saturated heterocycles. The number of nitrogens with one attached hydrogen (secondary N) is 1. The van der Waals surface area contributed by atoms with Crippen molar-refractivity contribution in [1.82, 2.24) is 4.98 Å². The lowest BCUT2D eigenvalue weighted by atomic mass is 10.2. The predicted molar refractivity (Wildman–Crippen MR) is 87.4 cm³/mol. The van der Waals surface area contributed by atoms with E-state index in [9.17, 15) is 18.0 Å². The number of carboxylic acid groups (broad SMARTS) is 1. The maximum absolute atomic E-state index is 12.9. The van der Waals surface area contributed by atoms with Crippen LogP contribution in [0.25, 0.3) is 11.0 Å². The summed E-state index contributed by atoms with van der Waals surface area (Å²) in [6.45, 7) is 0.425. The van der Waals surface area contributed by atoms with Gasteiger partial charge in [-0.15, -0.1) is 0 Å². The highest BCUT2D eigenvalue weighted by Gasteiger charge is 2.32. The number of fused-ring (bicyclic) bond motifs is 1. The molecule has 3 rings (SSSR count). The van der Waals surface area contributed by atoms with E-state index in [4.69, 9.17) is 5.11 Å². The Morgan fingerprint density at radius 1 is 1.16 bits per heavy atom. The van der Waals surface area contributed by atoms with Crippen LogP contribution in [0.2, 0.25) is 0 Å². The van der Waals surface area contributed by atoms with Gasteiger partial charge < -0.3 is 5.11 Å². The Kier molecular flexibility index (Phi) is 4.71. The summed E-state index contributed by atoms with van der Waals surface area (Å²) in [6.07, 6.45) is -4.43. The molecule has 25 heavy (non-hydrogen) atoms. The number of aromatic nitrogens is 2. The highest BCUT2D eigenvalue weighted by atomic mass is 32.2. The molecule has 3 aromatic rings. The molecule has 0 saturated carbocycles. The van der Waals surface area contributed by atoms with Gasteiger partial charge in [-0.1, -0.05) is 30.3 Å². The number of hydrogen-bond donors (Lipinski definition) is 2. The van der Waals surface area contributed by atoms with Gasteiger partial charge in [0.25, 0.3) is 0 Å². The first-order chi connectivity index (χ1) is 11.8. The van der Waals surface area contributed by atoms with Gasteiger partial charge in [-0.2, -0.15) is 13.2 Å². The average molecular weight is 367 g/mol. The van der Waals surface area contributed by atoms with Crippen molar-refractivity contribution in [3.63, 3.8) is 0 Å². The lowest BCUT2D eigenvalue weighted by Gasteiger charge is -2.05. The van der Waals surface area contributed by atoms with Crippen LogP contribution in [0.15, 0.2) is 53.7 Å². The van der Waals surface area contributed by atoms with E-state index in [0.717, 1.165) is 29.5 Å². The van der Waals surface area contributed by atoms with E-state index < -0.39 is 17.7 Å². The van der Waals surface area contributed by atoms with Crippen molar-refractivity contribution in [2.24, 2.45) is 0 Å². The smallest absolute Gasteiger partial charge is 0.416 e. The third-order valence-corrected chi connectivity index (χ3v) is 4.60. The fourth-order valence-electron chi connectivity index (χ4n) is 2.51. The van der Waals surface area contributed by atoms with Gasteiger partial charge >= 0.3 is 17.3 Å². The summed E-state index contributed by atoms with van der Waals surface area (Å²) >= 11 is 1.04. The summed E-state index contributed by atoms with van der Waals surface area (Å²) in [5.41, 5.74) is 1.12. The molecule has 0 aliphatic carbocycles. The number of benzene rings is 2. The van der Waals surface area contributed by atoms with Crippen LogP contribution in [0.4, 0.5) is 13.2 Å². The first kappa shape index (κ1) is 17.3. The van der Waals surface area contributed by atoms with Crippen molar-refractivity contribution < 1.29 is 27.6 Å². The number of aromatic amines is 1. The third kappa shape index (κ3) is 3.96. The van der Waals surface area contributed by atoms with Crippen LogP contribution in [-0.4, -0.2) is 21.8 Å². The molecule has 4 nitrogen and oxygen atoms in total. The monoisotopic (exact) mass is 367 g/mol. The van der Waals surface area contributed by atoms with Crippen molar-refractivity contribution in [2.45, 2.75) is 17.9 Å². The Balaban J connectivity index is 2.06. The summed E-state index contributed by atoms with van der Waals surface area (Å²) in [6, 6.07) is 12.9. The number of alkyl halides is 3. The van der Waals surface area contributed by atoms with E-state index in [1.165, 1.54) is 6.07 Å². The lowest BCUT2D eigenvalue weighted by Crippen LogP contribution is -2.35. The minimum Gasteiger partial charge on any atom is -0.481 e. The number of rotatable bonds is 5. The van der Waals surface area contributed by atoms with Crippen molar-refractivity contribution in [3.05, 3.63) is 59.7 Å². The van der Waals surface area contributed by atoms with E-state index in [2.05, 4.69) is 4.98 Å². The highest BCUT2D eigenvalue weighted by molar-refractivity contribution is 7.99. The number of halogens is 3. The molecule has 1 heterocycles. The molecule has 1 aromatic heterocycles. The Bertz CT molecular complexity index is 907. The van der Waals surface area contributed by atoms with Gasteiger partial charge in [0.2, 0.25) is 0 Å². The maximum Gasteiger partial charge on any atom is 0.416 e. The predicted octanol–water partition coefficient (Wildman–Crippen LogP) is 3.70. The van der Waals surface area contributed by atoms with Crippen LogP contribution in [-0.2, 0) is 17.5 Å². The molecule has 2 N–H and O–H groups in total. The van der Waals surface area contributed by atoms with Crippen LogP contribution < -0.4 is 4.57 Å². The molecule has 0 spiro atoms. The van der Waals surface area contributed by atoms with Gasteiger partial charge in [-0.25, -0.2) is 9.55 Å². The zero-order valence-corrected chi connectivity index (χ0v) is 13.7. The molecular weight excluding hydrogens is 353 g/mol. The lowest BCUT2D eigenvalue weighted by molar-refractivity contribution is -0.700. The molecule has 0 radical (unpaired) electrons. The molecule has 130 valence electrons. The van der Waals surface area contributed by atoms with Crippen molar-refractivity contribution in [3.8, 4) is 0 Å². The van der Waals surface area contributed by atoms with Crippen molar-refractivity contribution in [2.75, 3.05) is 5.75 Å². The second kappa shape index (κ2) is 6.79. The van der Waals surface area contributed by atoms with Crippen LogP contribution >= 0.6 is 11.8 Å². The summed E-state index contributed by atoms with van der Waals surface area (Å²) < 4.78 is 40.6. The number of thioether (sulfide) groups is 1. The summed E-state index contributed by atoms with van der Waals surface area (Å²) in [7, 11) is 0. The average Bonchev–Trinajstić information content (AvgIpc) is 2.90. The normalized spacial score (nSPS) is 11.8. The second-order valence-electron chi connectivity index (χ2n) is 5.41.